The highest BCUT2D eigenvalue weighted by molar-refractivity contribution is 5.94. The normalized spacial score (nSPS) is 10.2. The SMILES string of the molecule is Cc1ccc(C(=O)NCCc2ccco2)cc1. The van der Waals surface area contributed by atoms with Crippen LogP contribution in [0.15, 0.2) is 47.1 Å². The molecule has 2 aromatic rings. The third-order valence-corrected chi connectivity index (χ3v) is 2.55. The van der Waals surface area contributed by atoms with Crippen LogP contribution in [0, 0.1) is 6.92 Å². The van der Waals surface area contributed by atoms with E-state index in [-0.39, 0.29) is 5.91 Å². The van der Waals surface area contributed by atoms with Gasteiger partial charge in [0.05, 0.1) is 6.26 Å². The van der Waals surface area contributed by atoms with E-state index >= 15 is 0 Å². The summed E-state index contributed by atoms with van der Waals surface area (Å²) >= 11 is 0. The van der Waals surface area contributed by atoms with E-state index in [1.165, 1.54) is 0 Å². The van der Waals surface area contributed by atoms with Crippen LogP contribution >= 0.6 is 0 Å². The fourth-order valence-corrected chi connectivity index (χ4v) is 1.56. The Morgan fingerprint density at radius 3 is 2.65 bits per heavy atom. The molecule has 0 saturated carbocycles. The van der Waals surface area contributed by atoms with Crippen molar-refractivity contribution in [2.24, 2.45) is 0 Å². The second-order valence-electron chi connectivity index (χ2n) is 3.95. The molecule has 0 bridgehead atoms. The highest BCUT2D eigenvalue weighted by Gasteiger charge is 2.04. The Morgan fingerprint density at radius 1 is 1.24 bits per heavy atom. The summed E-state index contributed by atoms with van der Waals surface area (Å²) in [6.45, 7) is 2.58. The molecule has 0 unspecified atom stereocenters. The second kappa shape index (κ2) is 5.34. The van der Waals surface area contributed by atoms with Gasteiger partial charge in [-0.2, -0.15) is 0 Å². The fourth-order valence-electron chi connectivity index (χ4n) is 1.56. The van der Waals surface area contributed by atoms with E-state index < -0.39 is 0 Å². The zero-order chi connectivity index (χ0) is 12.1. The maximum Gasteiger partial charge on any atom is 0.251 e. The van der Waals surface area contributed by atoms with Gasteiger partial charge in [-0.05, 0) is 31.2 Å². The Bertz CT molecular complexity index is 471. The summed E-state index contributed by atoms with van der Waals surface area (Å²) in [6.07, 6.45) is 2.35. The number of nitrogens with one attached hydrogen (secondary N) is 1. The van der Waals surface area contributed by atoms with Gasteiger partial charge in [0.2, 0.25) is 0 Å². The monoisotopic (exact) mass is 229 g/mol. The quantitative estimate of drug-likeness (QED) is 0.875. The van der Waals surface area contributed by atoms with E-state index in [1.807, 2.05) is 43.3 Å². The van der Waals surface area contributed by atoms with Crippen LogP contribution in [0.1, 0.15) is 21.7 Å². The standard InChI is InChI=1S/C14H15NO2/c1-11-4-6-12(7-5-11)14(16)15-9-8-13-3-2-10-17-13/h2-7,10H,8-9H2,1H3,(H,15,16). The summed E-state index contributed by atoms with van der Waals surface area (Å²) in [7, 11) is 0. The van der Waals surface area contributed by atoms with E-state index in [4.69, 9.17) is 4.42 Å². The molecule has 88 valence electrons. The summed E-state index contributed by atoms with van der Waals surface area (Å²) in [5.41, 5.74) is 1.84. The number of hydrogen-bond acceptors (Lipinski definition) is 2. The molecule has 3 nitrogen and oxygen atoms in total. The second-order valence-corrected chi connectivity index (χ2v) is 3.95. The first-order valence-corrected chi connectivity index (χ1v) is 5.63. The molecule has 0 saturated heterocycles. The highest BCUT2D eigenvalue weighted by atomic mass is 16.3. The van der Waals surface area contributed by atoms with Gasteiger partial charge in [0.15, 0.2) is 0 Å². The lowest BCUT2D eigenvalue weighted by Gasteiger charge is -2.04. The van der Waals surface area contributed by atoms with E-state index in [1.54, 1.807) is 6.26 Å². The Labute approximate surface area is 100 Å². The van der Waals surface area contributed by atoms with Gasteiger partial charge in [-0.1, -0.05) is 17.7 Å². The Hall–Kier alpha value is -2.03. The van der Waals surface area contributed by atoms with Gasteiger partial charge in [0.25, 0.3) is 5.91 Å². The zero-order valence-corrected chi connectivity index (χ0v) is 9.77. The number of carbonyl (C=O) groups is 1. The predicted octanol–water partition coefficient (Wildman–Crippen LogP) is 2.56. The Morgan fingerprint density at radius 2 is 2.00 bits per heavy atom. The van der Waals surface area contributed by atoms with Crippen LogP contribution in [-0.2, 0) is 6.42 Å². The van der Waals surface area contributed by atoms with Gasteiger partial charge in [-0.3, -0.25) is 4.79 Å². The zero-order valence-electron chi connectivity index (χ0n) is 9.77. The van der Waals surface area contributed by atoms with Gasteiger partial charge in [0, 0.05) is 18.5 Å². The van der Waals surface area contributed by atoms with Crippen molar-refractivity contribution < 1.29 is 9.21 Å². The molecular formula is C14H15NO2. The van der Waals surface area contributed by atoms with Crippen molar-refractivity contribution in [3.05, 3.63) is 59.5 Å². The van der Waals surface area contributed by atoms with Crippen LogP contribution in [0.4, 0.5) is 0 Å². The minimum absolute atomic E-state index is 0.0449. The smallest absolute Gasteiger partial charge is 0.251 e. The number of hydrogen-bond donors (Lipinski definition) is 1. The number of carbonyl (C=O) groups excluding carboxylic acids is 1. The van der Waals surface area contributed by atoms with Crippen LogP contribution in [-0.4, -0.2) is 12.5 Å². The first-order chi connectivity index (χ1) is 8.25. The molecule has 1 amide bonds. The molecule has 0 aliphatic carbocycles. The van der Waals surface area contributed by atoms with E-state index in [2.05, 4.69) is 5.32 Å². The first kappa shape index (κ1) is 11.5. The number of amides is 1. The lowest BCUT2D eigenvalue weighted by atomic mass is 10.1. The minimum atomic E-state index is -0.0449. The van der Waals surface area contributed by atoms with Crippen LogP contribution in [0.3, 0.4) is 0 Å². The third kappa shape index (κ3) is 3.21. The molecule has 0 aliphatic rings. The molecule has 1 heterocycles. The molecular weight excluding hydrogens is 214 g/mol. The van der Waals surface area contributed by atoms with Gasteiger partial charge in [-0.15, -0.1) is 0 Å². The lowest BCUT2D eigenvalue weighted by molar-refractivity contribution is 0.0953. The Balaban J connectivity index is 1.83. The summed E-state index contributed by atoms with van der Waals surface area (Å²) in [6, 6.07) is 11.3. The maximum absolute atomic E-state index is 11.7. The summed E-state index contributed by atoms with van der Waals surface area (Å²) in [5, 5.41) is 2.86. The van der Waals surface area contributed by atoms with Gasteiger partial charge < -0.3 is 9.73 Å². The molecule has 1 N–H and O–H groups in total. The summed E-state index contributed by atoms with van der Waals surface area (Å²) < 4.78 is 5.19. The third-order valence-electron chi connectivity index (χ3n) is 2.55. The van der Waals surface area contributed by atoms with Crippen LogP contribution in [0.2, 0.25) is 0 Å². The number of furan rings is 1. The van der Waals surface area contributed by atoms with Crippen molar-refractivity contribution in [3.63, 3.8) is 0 Å². The minimum Gasteiger partial charge on any atom is -0.469 e. The topological polar surface area (TPSA) is 42.2 Å². The van der Waals surface area contributed by atoms with Crippen molar-refractivity contribution in [1.29, 1.82) is 0 Å². The van der Waals surface area contributed by atoms with E-state index in [9.17, 15) is 4.79 Å². The maximum atomic E-state index is 11.7. The van der Waals surface area contributed by atoms with Gasteiger partial charge in [-0.25, -0.2) is 0 Å². The summed E-state index contributed by atoms with van der Waals surface area (Å²) in [5.74, 6) is 0.839. The number of benzene rings is 1. The van der Waals surface area contributed by atoms with Crippen LogP contribution in [0.25, 0.3) is 0 Å². The Kier molecular flexibility index (Phi) is 3.60. The van der Waals surface area contributed by atoms with Gasteiger partial charge >= 0.3 is 0 Å². The van der Waals surface area contributed by atoms with Gasteiger partial charge in [0.1, 0.15) is 5.76 Å². The molecule has 0 fully saturated rings. The predicted molar refractivity (Wildman–Crippen MR) is 65.9 cm³/mol. The van der Waals surface area contributed by atoms with Crippen molar-refractivity contribution in [2.75, 3.05) is 6.54 Å². The van der Waals surface area contributed by atoms with Crippen molar-refractivity contribution in [3.8, 4) is 0 Å². The molecule has 2 rings (SSSR count). The highest BCUT2D eigenvalue weighted by Crippen LogP contribution is 2.03. The fraction of sp³-hybridized carbons (Fsp3) is 0.214. The average molecular weight is 229 g/mol. The molecule has 3 heteroatoms. The molecule has 1 aromatic heterocycles. The largest absolute Gasteiger partial charge is 0.469 e. The van der Waals surface area contributed by atoms with Crippen LogP contribution < -0.4 is 5.32 Å². The molecule has 1 aromatic carbocycles. The summed E-state index contributed by atoms with van der Waals surface area (Å²) in [4.78, 5) is 11.7. The molecule has 0 radical (unpaired) electrons. The lowest BCUT2D eigenvalue weighted by Crippen LogP contribution is -2.25. The molecule has 0 atom stereocenters. The first-order valence-electron chi connectivity index (χ1n) is 5.63. The van der Waals surface area contributed by atoms with Crippen LogP contribution in [0.5, 0.6) is 0 Å². The number of aryl methyl sites for hydroxylation is 1. The molecule has 17 heavy (non-hydrogen) atoms. The van der Waals surface area contributed by atoms with E-state index in [0.29, 0.717) is 18.5 Å². The van der Waals surface area contributed by atoms with Crippen molar-refractivity contribution in [2.45, 2.75) is 13.3 Å². The van der Waals surface area contributed by atoms with Crippen molar-refractivity contribution in [1.82, 2.24) is 5.32 Å². The number of rotatable bonds is 4. The molecule has 0 aliphatic heterocycles. The molecule has 0 spiro atoms. The average Bonchev–Trinajstić information content (AvgIpc) is 2.83. The van der Waals surface area contributed by atoms with Crippen molar-refractivity contribution >= 4 is 5.91 Å². The van der Waals surface area contributed by atoms with E-state index in [0.717, 1.165) is 11.3 Å².